The molecule has 1 saturated carbocycles. The Labute approximate surface area is 164 Å². The normalized spacial score (nSPS) is 23.5. The Morgan fingerprint density at radius 1 is 1.21 bits per heavy atom. The number of carbonyl (C=O) groups is 1. The number of rotatable bonds is 8. The van der Waals surface area contributed by atoms with Crippen molar-refractivity contribution in [2.24, 2.45) is 0 Å². The Balaban J connectivity index is 1.48. The fourth-order valence-corrected chi connectivity index (χ4v) is 3.53. The first-order valence-electron chi connectivity index (χ1n) is 10.0. The van der Waals surface area contributed by atoms with Crippen molar-refractivity contribution in [1.29, 1.82) is 0 Å². The zero-order valence-corrected chi connectivity index (χ0v) is 15.9. The van der Waals surface area contributed by atoms with Crippen LogP contribution in [-0.4, -0.2) is 43.4 Å². The van der Waals surface area contributed by atoms with E-state index in [1.165, 1.54) is 0 Å². The van der Waals surface area contributed by atoms with Crippen molar-refractivity contribution >= 4 is 5.91 Å². The topological polar surface area (TPSA) is 86.3 Å². The molecule has 1 aromatic carbocycles. The highest BCUT2D eigenvalue weighted by Crippen LogP contribution is 2.38. The van der Waals surface area contributed by atoms with E-state index in [2.05, 4.69) is 5.32 Å². The summed E-state index contributed by atoms with van der Waals surface area (Å²) in [6.07, 6.45) is 6.61. The van der Waals surface area contributed by atoms with Gasteiger partial charge < -0.3 is 29.4 Å². The Bertz CT molecular complexity index is 730. The van der Waals surface area contributed by atoms with E-state index in [-0.39, 0.29) is 31.3 Å². The molecule has 0 bridgehead atoms. The molecular formula is C21H27NO6. The molecule has 2 N–H and O–H groups in total. The first-order valence-corrected chi connectivity index (χ1v) is 10.0. The summed E-state index contributed by atoms with van der Waals surface area (Å²) in [6, 6.07) is 6.09. The smallest absolute Gasteiger partial charge is 0.286 e. The summed E-state index contributed by atoms with van der Waals surface area (Å²) < 4.78 is 22.6. The molecule has 1 aliphatic carbocycles. The molecule has 28 heavy (non-hydrogen) atoms. The van der Waals surface area contributed by atoms with Gasteiger partial charge in [0, 0.05) is 25.0 Å². The highest BCUT2D eigenvalue weighted by molar-refractivity contribution is 5.92. The van der Waals surface area contributed by atoms with Gasteiger partial charge in [-0.25, -0.2) is 0 Å². The van der Waals surface area contributed by atoms with Crippen molar-refractivity contribution in [2.75, 3.05) is 20.0 Å². The minimum atomic E-state index is -0.499. The van der Waals surface area contributed by atoms with E-state index in [0.717, 1.165) is 42.7 Å². The monoisotopic (exact) mass is 389 g/mol. The van der Waals surface area contributed by atoms with Crippen LogP contribution in [-0.2, 0) is 14.3 Å². The molecule has 0 aromatic heterocycles. The van der Waals surface area contributed by atoms with Gasteiger partial charge in [-0.1, -0.05) is 6.07 Å². The molecule has 1 amide bonds. The number of carbonyl (C=O) groups excluding carboxylic acids is 1. The van der Waals surface area contributed by atoms with Crippen molar-refractivity contribution < 1.29 is 28.8 Å². The maximum absolute atomic E-state index is 12.6. The van der Waals surface area contributed by atoms with Gasteiger partial charge in [-0.3, -0.25) is 4.79 Å². The molecule has 152 valence electrons. The zero-order chi connectivity index (χ0) is 19.3. The molecule has 2 atom stereocenters. The van der Waals surface area contributed by atoms with Gasteiger partial charge in [0.2, 0.25) is 13.1 Å². The number of hydrogen-bond donors (Lipinski definition) is 2. The van der Waals surface area contributed by atoms with Gasteiger partial charge in [0.1, 0.15) is 0 Å². The van der Waals surface area contributed by atoms with Crippen LogP contribution < -0.4 is 14.8 Å². The van der Waals surface area contributed by atoms with Crippen LogP contribution in [0.2, 0.25) is 0 Å². The van der Waals surface area contributed by atoms with Crippen LogP contribution in [0.3, 0.4) is 0 Å². The molecule has 3 aliphatic rings. The third-order valence-electron chi connectivity index (χ3n) is 5.40. The molecule has 0 radical (unpaired) electrons. The molecule has 1 fully saturated rings. The van der Waals surface area contributed by atoms with Gasteiger partial charge in [0.15, 0.2) is 17.3 Å². The second-order valence-electron chi connectivity index (χ2n) is 7.44. The van der Waals surface area contributed by atoms with E-state index in [0.29, 0.717) is 25.2 Å². The quantitative estimate of drug-likeness (QED) is 0.665. The predicted molar refractivity (Wildman–Crippen MR) is 101 cm³/mol. The lowest BCUT2D eigenvalue weighted by Gasteiger charge is -2.31. The van der Waals surface area contributed by atoms with Crippen LogP contribution in [0.25, 0.3) is 0 Å². The molecule has 0 saturated heterocycles. The van der Waals surface area contributed by atoms with E-state index in [1.54, 1.807) is 0 Å². The zero-order valence-electron chi connectivity index (χ0n) is 15.9. The molecule has 4 rings (SSSR count). The van der Waals surface area contributed by atoms with Gasteiger partial charge in [-0.15, -0.1) is 0 Å². The molecule has 0 spiro atoms. The largest absolute Gasteiger partial charge is 0.459 e. The van der Waals surface area contributed by atoms with E-state index >= 15 is 0 Å². The second kappa shape index (κ2) is 8.84. The highest BCUT2D eigenvalue weighted by atomic mass is 16.7. The lowest BCUT2D eigenvalue weighted by atomic mass is 9.91. The summed E-state index contributed by atoms with van der Waals surface area (Å²) >= 11 is 0. The maximum atomic E-state index is 12.6. The average Bonchev–Trinajstić information content (AvgIpc) is 3.15. The molecule has 1 aromatic rings. The van der Waals surface area contributed by atoms with Gasteiger partial charge >= 0.3 is 0 Å². The summed E-state index contributed by atoms with van der Waals surface area (Å²) in [7, 11) is 0. The number of nitrogens with one attached hydrogen (secondary N) is 1. The Morgan fingerprint density at radius 2 is 2.07 bits per heavy atom. The van der Waals surface area contributed by atoms with Crippen LogP contribution in [0.15, 0.2) is 30.0 Å². The number of ether oxygens (including phenoxy) is 4. The van der Waals surface area contributed by atoms with Gasteiger partial charge in [-0.05, 0) is 55.9 Å². The summed E-state index contributed by atoms with van der Waals surface area (Å²) in [4.78, 5) is 12.6. The minimum absolute atomic E-state index is 0.0202. The summed E-state index contributed by atoms with van der Waals surface area (Å²) in [5, 5.41) is 12.0. The Hall–Kier alpha value is -2.25. The summed E-state index contributed by atoms with van der Waals surface area (Å²) in [5.41, 5.74) is 1.03. The van der Waals surface area contributed by atoms with Crippen molar-refractivity contribution in [2.45, 2.75) is 56.8 Å². The highest BCUT2D eigenvalue weighted by Gasteiger charge is 2.31. The third-order valence-corrected chi connectivity index (χ3v) is 5.40. The van der Waals surface area contributed by atoms with Gasteiger partial charge in [-0.2, -0.15) is 0 Å². The van der Waals surface area contributed by atoms with Crippen LogP contribution in [0, 0.1) is 0 Å². The Morgan fingerprint density at radius 3 is 2.86 bits per heavy atom. The third kappa shape index (κ3) is 4.42. The fraction of sp³-hybridized carbons (Fsp3) is 0.571. The van der Waals surface area contributed by atoms with Gasteiger partial charge in [0.25, 0.3) is 5.91 Å². The maximum Gasteiger partial charge on any atom is 0.286 e. The standard InChI is InChI=1S/C21H27NO6/c23-8-1-2-9-25-20-12-15(14-6-7-17-18(10-14)27-13-26-17)11-19(28-20)21(24)22-16-4-3-5-16/h6-7,10-11,15-16,20,23H,1-5,8-9,12-13H2,(H,22,24)/t15-,20+/m1/s1. The number of aliphatic hydroxyl groups is 1. The number of aliphatic hydroxyl groups excluding tert-OH is 1. The first-order chi connectivity index (χ1) is 13.7. The number of benzene rings is 1. The van der Waals surface area contributed by atoms with Crippen molar-refractivity contribution in [3.05, 3.63) is 35.6 Å². The predicted octanol–water partition coefficient (Wildman–Crippen LogP) is 2.59. The average molecular weight is 389 g/mol. The molecule has 2 aliphatic heterocycles. The lowest BCUT2D eigenvalue weighted by molar-refractivity contribution is -0.147. The van der Waals surface area contributed by atoms with Crippen LogP contribution >= 0.6 is 0 Å². The van der Waals surface area contributed by atoms with E-state index in [9.17, 15) is 4.79 Å². The van der Waals surface area contributed by atoms with Crippen LogP contribution in [0.4, 0.5) is 0 Å². The summed E-state index contributed by atoms with van der Waals surface area (Å²) in [5.74, 6) is 1.57. The molecule has 2 heterocycles. The Kier molecular flexibility index (Phi) is 6.02. The minimum Gasteiger partial charge on any atom is -0.459 e. The molecule has 7 nitrogen and oxygen atoms in total. The van der Waals surface area contributed by atoms with E-state index in [1.807, 2.05) is 24.3 Å². The van der Waals surface area contributed by atoms with Crippen molar-refractivity contribution in [3.63, 3.8) is 0 Å². The number of unbranched alkanes of at least 4 members (excludes halogenated alkanes) is 1. The second-order valence-corrected chi connectivity index (χ2v) is 7.44. The van der Waals surface area contributed by atoms with Crippen LogP contribution in [0.1, 0.15) is 50.0 Å². The van der Waals surface area contributed by atoms with E-state index < -0.39 is 6.29 Å². The summed E-state index contributed by atoms with van der Waals surface area (Å²) in [6.45, 7) is 0.855. The SMILES string of the molecule is O=C(NC1CCC1)C1=C[C@@H](c2ccc3c(c2)OCO3)C[C@@H](OCCCCO)O1. The fourth-order valence-electron chi connectivity index (χ4n) is 3.53. The van der Waals surface area contributed by atoms with Crippen molar-refractivity contribution in [3.8, 4) is 11.5 Å². The lowest BCUT2D eigenvalue weighted by Crippen LogP contribution is -2.42. The van der Waals surface area contributed by atoms with Gasteiger partial charge in [0.05, 0.1) is 6.61 Å². The van der Waals surface area contributed by atoms with Crippen molar-refractivity contribution in [1.82, 2.24) is 5.32 Å². The van der Waals surface area contributed by atoms with Crippen LogP contribution in [0.5, 0.6) is 11.5 Å². The molecular weight excluding hydrogens is 362 g/mol. The first kappa shape index (κ1) is 19.1. The molecule has 7 heteroatoms. The number of amides is 1. The molecule has 0 unspecified atom stereocenters. The van der Waals surface area contributed by atoms with E-state index in [4.69, 9.17) is 24.1 Å². The number of hydrogen-bond acceptors (Lipinski definition) is 6. The number of fused-ring (bicyclic) bond motifs is 1. The number of allylic oxidation sites excluding steroid dienone is 1.